The lowest BCUT2D eigenvalue weighted by atomic mass is 10.2. The fraction of sp³-hybridized carbons (Fsp3) is 0.200. The highest BCUT2D eigenvalue weighted by Crippen LogP contribution is 2.13. The third-order valence-electron chi connectivity index (χ3n) is 1.98. The van der Waals surface area contributed by atoms with E-state index in [4.69, 9.17) is 10.9 Å². The van der Waals surface area contributed by atoms with Crippen LogP contribution >= 0.6 is 22.6 Å². The number of nitrogens with zero attached hydrogens (tertiary/aromatic N) is 2. The average Bonchev–Trinajstić information content (AvgIpc) is 2.28. The molecule has 0 aliphatic heterocycles. The summed E-state index contributed by atoms with van der Waals surface area (Å²) in [6.45, 7) is 0.0975. The van der Waals surface area contributed by atoms with Crippen molar-refractivity contribution in [3.8, 4) is 0 Å². The first-order valence-corrected chi connectivity index (χ1v) is 5.60. The fourth-order valence-electron chi connectivity index (χ4n) is 1.19. The van der Waals surface area contributed by atoms with Crippen molar-refractivity contribution in [1.29, 1.82) is 0 Å². The first-order valence-electron chi connectivity index (χ1n) is 4.52. The Balaban J connectivity index is 2.83. The second-order valence-corrected chi connectivity index (χ2v) is 4.39. The van der Waals surface area contributed by atoms with Crippen molar-refractivity contribution in [1.82, 2.24) is 4.90 Å². The van der Waals surface area contributed by atoms with E-state index in [1.807, 2.05) is 12.1 Å². The number of oxime groups is 1. The highest BCUT2D eigenvalue weighted by atomic mass is 127. The number of amides is 1. The van der Waals surface area contributed by atoms with Gasteiger partial charge in [0.15, 0.2) is 5.84 Å². The van der Waals surface area contributed by atoms with Crippen molar-refractivity contribution >= 4 is 34.3 Å². The number of benzene rings is 1. The van der Waals surface area contributed by atoms with Gasteiger partial charge in [-0.15, -0.1) is 0 Å². The topological polar surface area (TPSA) is 78.9 Å². The van der Waals surface area contributed by atoms with E-state index >= 15 is 0 Å². The van der Waals surface area contributed by atoms with Gasteiger partial charge < -0.3 is 15.8 Å². The Kier molecular flexibility index (Phi) is 4.53. The summed E-state index contributed by atoms with van der Waals surface area (Å²) in [7, 11) is 1.60. The van der Waals surface area contributed by atoms with Crippen LogP contribution < -0.4 is 5.73 Å². The van der Waals surface area contributed by atoms with Crippen LogP contribution in [-0.2, 0) is 0 Å². The number of carbonyl (C=O) groups excluding carboxylic acids is 1. The second kappa shape index (κ2) is 5.69. The van der Waals surface area contributed by atoms with Crippen molar-refractivity contribution in [2.75, 3.05) is 13.6 Å². The van der Waals surface area contributed by atoms with Crippen LogP contribution in [0.1, 0.15) is 10.4 Å². The van der Waals surface area contributed by atoms with Crippen LogP contribution in [0.15, 0.2) is 29.4 Å². The Labute approximate surface area is 107 Å². The average molecular weight is 333 g/mol. The van der Waals surface area contributed by atoms with E-state index < -0.39 is 0 Å². The Bertz CT molecular complexity index is 420. The molecule has 16 heavy (non-hydrogen) atoms. The SMILES string of the molecule is CN(CC(N)=NO)C(=O)c1ccccc1I. The van der Waals surface area contributed by atoms with Crippen molar-refractivity contribution in [3.05, 3.63) is 33.4 Å². The Morgan fingerprint density at radius 3 is 2.75 bits per heavy atom. The fourth-order valence-corrected chi connectivity index (χ4v) is 1.80. The number of likely N-dealkylation sites (N-methyl/N-ethyl adjacent to an activating group) is 1. The predicted molar refractivity (Wildman–Crippen MR) is 69.5 cm³/mol. The Morgan fingerprint density at radius 2 is 2.19 bits per heavy atom. The zero-order chi connectivity index (χ0) is 12.1. The van der Waals surface area contributed by atoms with E-state index in [-0.39, 0.29) is 18.3 Å². The molecule has 6 heteroatoms. The minimum absolute atomic E-state index is 0.00166. The molecule has 0 fully saturated rings. The van der Waals surface area contributed by atoms with Gasteiger partial charge in [0.25, 0.3) is 5.91 Å². The first-order chi connectivity index (χ1) is 7.56. The van der Waals surface area contributed by atoms with Crippen LogP contribution in [0.25, 0.3) is 0 Å². The number of nitrogens with two attached hydrogens (primary N) is 1. The molecule has 0 radical (unpaired) electrons. The zero-order valence-corrected chi connectivity index (χ0v) is 10.9. The van der Waals surface area contributed by atoms with Gasteiger partial charge in [-0.1, -0.05) is 17.3 Å². The summed E-state index contributed by atoms with van der Waals surface area (Å²) in [6.07, 6.45) is 0. The molecular formula is C10H12IN3O2. The Morgan fingerprint density at radius 1 is 1.56 bits per heavy atom. The van der Waals surface area contributed by atoms with Gasteiger partial charge in [-0.25, -0.2) is 0 Å². The molecule has 0 spiro atoms. The molecule has 0 aromatic heterocycles. The summed E-state index contributed by atoms with van der Waals surface area (Å²) in [6, 6.07) is 7.26. The smallest absolute Gasteiger partial charge is 0.255 e. The summed E-state index contributed by atoms with van der Waals surface area (Å²) in [4.78, 5) is 13.3. The van der Waals surface area contributed by atoms with Gasteiger partial charge in [0.2, 0.25) is 0 Å². The van der Waals surface area contributed by atoms with Crippen LogP contribution in [0.3, 0.4) is 0 Å². The van der Waals surface area contributed by atoms with Gasteiger partial charge in [-0.3, -0.25) is 4.79 Å². The van der Waals surface area contributed by atoms with E-state index in [1.54, 1.807) is 19.2 Å². The standard InChI is InChI=1S/C10H12IN3O2/c1-14(6-9(12)13-16)10(15)7-4-2-3-5-8(7)11/h2-5,16H,6H2,1H3,(H2,12,13). The van der Waals surface area contributed by atoms with Gasteiger partial charge in [-0.2, -0.15) is 0 Å². The van der Waals surface area contributed by atoms with Gasteiger partial charge >= 0.3 is 0 Å². The highest BCUT2D eigenvalue weighted by Gasteiger charge is 2.14. The molecule has 3 N–H and O–H groups in total. The van der Waals surface area contributed by atoms with E-state index in [1.165, 1.54) is 4.90 Å². The normalized spacial score (nSPS) is 11.2. The molecule has 0 aliphatic rings. The predicted octanol–water partition coefficient (Wildman–Crippen LogP) is 1.11. The third kappa shape index (κ3) is 3.09. The summed E-state index contributed by atoms with van der Waals surface area (Å²) in [5.41, 5.74) is 5.94. The summed E-state index contributed by atoms with van der Waals surface area (Å²) >= 11 is 2.09. The summed E-state index contributed by atoms with van der Waals surface area (Å²) < 4.78 is 0.872. The minimum Gasteiger partial charge on any atom is -0.409 e. The summed E-state index contributed by atoms with van der Waals surface area (Å²) in [5.74, 6) is -0.154. The Hall–Kier alpha value is -1.31. The molecule has 86 valence electrons. The van der Waals surface area contributed by atoms with Crippen LogP contribution in [0.4, 0.5) is 0 Å². The van der Waals surface area contributed by atoms with Gasteiger partial charge in [0.1, 0.15) is 0 Å². The summed E-state index contributed by atoms with van der Waals surface area (Å²) in [5, 5.41) is 11.2. The van der Waals surface area contributed by atoms with Crippen molar-refractivity contribution in [2.45, 2.75) is 0 Å². The molecular weight excluding hydrogens is 321 g/mol. The van der Waals surface area contributed by atoms with Crippen molar-refractivity contribution < 1.29 is 10.0 Å². The number of amidine groups is 1. The largest absolute Gasteiger partial charge is 0.409 e. The lowest BCUT2D eigenvalue weighted by Crippen LogP contribution is -2.35. The maximum atomic E-state index is 11.9. The molecule has 1 aromatic carbocycles. The number of carbonyl (C=O) groups is 1. The molecule has 0 saturated carbocycles. The monoisotopic (exact) mass is 333 g/mol. The van der Waals surface area contributed by atoms with Crippen molar-refractivity contribution in [3.63, 3.8) is 0 Å². The van der Waals surface area contributed by atoms with Gasteiger partial charge in [0, 0.05) is 10.6 Å². The lowest BCUT2D eigenvalue weighted by Gasteiger charge is -2.16. The van der Waals surface area contributed by atoms with E-state index in [2.05, 4.69) is 27.7 Å². The van der Waals surface area contributed by atoms with Crippen LogP contribution in [0.5, 0.6) is 0 Å². The number of rotatable bonds is 3. The first kappa shape index (κ1) is 12.8. The van der Waals surface area contributed by atoms with Gasteiger partial charge in [-0.05, 0) is 34.7 Å². The molecule has 0 aliphatic carbocycles. The quantitative estimate of drug-likeness (QED) is 0.286. The van der Waals surface area contributed by atoms with Crippen LogP contribution in [0.2, 0.25) is 0 Å². The molecule has 0 heterocycles. The molecule has 5 nitrogen and oxygen atoms in total. The second-order valence-electron chi connectivity index (χ2n) is 3.23. The third-order valence-corrected chi connectivity index (χ3v) is 2.92. The van der Waals surface area contributed by atoms with Gasteiger partial charge in [0.05, 0.1) is 12.1 Å². The minimum atomic E-state index is -0.156. The highest BCUT2D eigenvalue weighted by molar-refractivity contribution is 14.1. The van der Waals surface area contributed by atoms with E-state index in [9.17, 15) is 4.79 Å². The molecule has 0 saturated heterocycles. The van der Waals surface area contributed by atoms with Crippen LogP contribution in [-0.4, -0.2) is 35.4 Å². The number of hydrogen-bond donors (Lipinski definition) is 2. The van der Waals surface area contributed by atoms with E-state index in [0.29, 0.717) is 5.56 Å². The maximum absolute atomic E-state index is 11.9. The lowest BCUT2D eigenvalue weighted by molar-refractivity contribution is 0.0812. The van der Waals surface area contributed by atoms with Crippen molar-refractivity contribution in [2.24, 2.45) is 10.9 Å². The maximum Gasteiger partial charge on any atom is 0.255 e. The van der Waals surface area contributed by atoms with E-state index in [0.717, 1.165) is 3.57 Å². The molecule has 0 atom stereocenters. The number of halogens is 1. The number of hydrogen-bond acceptors (Lipinski definition) is 3. The molecule has 1 amide bonds. The molecule has 1 rings (SSSR count). The molecule has 0 unspecified atom stereocenters. The van der Waals surface area contributed by atoms with Crippen LogP contribution in [0, 0.1) is 3.57 Å². The molecule has 0 bridgehead atoms. The zero-order valence-electron chi connectivity index (χ0n) is 8.72. The molecule has 1 aromatic rings.